The summed E-state index contributed by atoms with van der Waals surface area (Å²) in [6.45, 7) is 6.48. The fourth-order valence-electron chi connectivity index (χ4n) is 4.85. The number of hydrogen-bond donors (Lipinski definition) is 3. The maximum Gasteiger partial charge on any atom is 0.408 e. The first-order chi connectivity index (χ1) is 17.5. The predicted octanol–water partition coefficient (Wildman–Crippen LogP) is 5.15. The van der Waals surface area contributed by atoms with Crippen LogP contribution in [0.3, 0.4) is 0 Å². The molecule has 1 amide bonds. The molecule has 10 heteroatoms. The van der Waals surface area contributed by atoms with E-state index in [-0.39, 0.29) is 42.4 Å². The van der Waals surface area contributed by atoms with Crippen molar-refractivity contribution in [2.75, 3.05) is 26.4 Å². The lowest BCUT2D eigenvalue weighted by atomic mass is 9.64. The molecule has 0 aliphatic carbocycles. The van der Waals surface area contributed by atoms with Gasteiger partial charge >= 0.3 is 6.09 Å². The van der Waals surface area contributed by atoms with Crippen LogP contribution in [-0.4, -0.2) is 49.8 Å². The second kappa shape index (κ2) is 12.4. The second-order valence-corrected chi connectivity index (χ2v) is 11.0. The topological polar surface area (TPSA) is 104 Å². The van der Waals surface area contributed by atoms with Crippen molar-refractivity contribution in [3.8, 4) is 6.07 Å². The van der Waals surface area contributed by atoms with Crippen LogP contribution in [0.1, 0.15) is 44.2 Å². The molecule has 1 heterocycles. The second-order valence-electron chi connectivity index (χ2n) is 10.2. The fourth-order valence-corrected chi connectivity index (χ4v) is 5.16. The zero-order chi connectivity index (χ0) is 27.2. The van der Waals surface area contributed by atoms with E-state index in [1.54, 1.807) is 36.4 Å². The van der Waals surface area contributed by atoms with Gasteiger partial charge in [-0.3, -0.25) is 5.32 Å². The molecule has 3 N–H and O–H groups in total. The summed E-state index contributed by atoms with van der Waals surface area (Å²) in [7, 11) is 0. The van der Waals surface area contributed by atoms with Gasteiger partial charge in [0.2, 0.25) is 0 Å². The van der Waals surface area contributed by atoms with E-state index in [0.717, 1.165) is 0 Å². The zero-order valence-corrected chi connectivity index (χ0v) is 22.6. The van der Waals surface area contributed by atoms with Crippen LogP contribution in [0.4, 0.5) is 9.18 Å². The zero-order valence-electron chi connectivity index (χ0n) is 21.1. The number of hydrogen-bond acceptors (Lipinski definition) is 6. The van der Waals surface area contributed by atoms with Gasteiger partial charge in [-0.15, -0.1) is 0 Å². The number of halogens is 3. The van der Waals surface area contributed by atoms with Crippen molar-refractivity contribution in [2.45, 2.75) is 50.8 Å². The summed E-state index contributed by atoms with van der Waals surface area (Å²) in [5.41, 5.74) is -0.755. The Kier molecular flexibility index (Phi) is 9.79. The van der Waals surface area contributed by atoms with E-state index in [0.29, 0.717) is 17.0 Å². The van der Waals surface area contributed by atoms with Gasteiger partial charge in [0.1, 0.15) is 11.2 Å². The number of carbonyl (C=O) groups is 1. The van der Waals surface area contributed by atoms with Gasteiger partial charge in [-0.05, 0) is 41.2 Å². The molecular formula is C27H32Cl2FN3O4. The number of rotatable bonds is 9. The molecule has 1 fully saturated rings. The molecule has 37 heavy (non-hydrogen) atoms. The number of amides is 1. The number of ether oxygens (including phenoxy) is 2. The van der Waals surface area contributed by atoms with E-state index in [1.165, 1.54) is 6.07 Å². The molecule has 200 valence electrons. The van der Waals surface area contributed by atoms with Crippen molar-refractivity contribution >= 4 is 29.3 Å². The number of benzene rings is 2. The maximum absolute atomic E-state index is 15.5. The number of aliphatic hydroxyl groups excluding tert-OH is 1. The predicted molar refractivity (Wildman–Crippen MR) is 140 cm³/mol. The number of nitriles is 1. The minimum absolute atomic E-state index is 0.0936. The third-order valence-electron chi connectivity index (χ3n) is 6.33. The van der Waals surface area contributed by atoms with E-state index in [2.05, 4.69) is 16.7 Å². The third kappa shape index (κ3) is 6.73. The van der Waals surface area contributed by atoms with Crippen molar-refractivity contribution in [1.29, 1.82) is 5.26 Å². The van der Waals surface area contributed by atoms with E-state index in [4.69, 9.17) is 37.8 Å². The highest BCUT2D eigenvalue weighted by Gasteiger charge is 2.60. The molecule has 1 saturated heterocycles. The van der Waals surface area contributed by atoms with Crippen molar-refractivity contribution < 1.29 is 23.8 Å². The van der Waals surface area contributed by atoms with Crippen molar-refractivity contribution in [2.24, 2.45) is 5.41 Å². The van der Waals surface area contributed by atoms with E-state index in [1.807, 2.05) is 20.8 Å². The Morgan fingerprint density at radius 1 is 1.22 bits per heavy atom. The van der Waals surface area contributed by atoms with Crippen LogP contribution in [0.15, 0.2) is 42.5 Å². The van der Waals surface area contributed by atoms with E-state index < -0.39 is 35.5 Å². The first-order valence-corrected chi connectivity index (χ1v) is 12.8. The normalized spacial score (nSPS) is 23.5. The van der Waals surface area contributed by atoms with Gasteiger partial charge < -0.3 is 19.9 Å². The first-order valence-electron chi connectivity index (χ1n) is 12.0. The van der Waals surface area contributed by atoms with Crippen LogP contribution in [-0.2, 0) is 14.9 Å². The summed E-state index contributed by atoms with van der Waals surface area (Å²) >= 11 is 12.3. The molecule has 7 nitrogen and oxygen atoms in total. The van der Waals surface area contributed by atoms with Crippen molar-refractivity contribution in [3.63, 3.8) is 0 Å². The smallest absolute Gasteiger partial charge is 0.408 e. The van der Waals surface area contributed by atoms with Crippen LogP contribution in [0, 0.1) is 22.6 Å². The quantitative estimate of drug-likeness (QED) is 0.372. The van der Waals surface area contributed by atoms with Crippen molar-refractivity contribution in [3.05, 3.63) is 69.5 Å². The number of carbonyl (C=O) groups excluding carboxylic acids is 1. The lowest BCUT2D eigenvalue weighted by Crippen LogP contribution is -2.44. The first kappa shape index (κ1) is 29.2. The molecule has 0 aromatic heterocycles. The third-order valence-corrected chi connectivity index (χ3v) is 6.88. The van der Waals surface area contributed by atoms with Gasteiger partial charge in [0, 0.05) is 17.6 Å². The summed E-state index contributed by atoms with van der Waals surface area (Å²) in [5, 5.41) is 25.9. The summed E-state index contributed by atoms with van der Waals surface area (Å²) < 4.78 is 26.5. The monoisotopic (exact) mass is 551 g/mol. The van der Waals surface area contributed by atoms with Gasteiger partial charge in [0.25, 0.3) is 0 Å². The standard InChI is InChI=1S/C27H32Cl2FN3O4/c1-26(2,3)15-21-27(16-31,17-7-9-18(28)10-8-17)22(19-5-4-6-20(29)23(19)30)24(33-21)37-25(35)32-11-13-36-14-12-34/h4-10,21-22,24,33-34H,11-15H2,1-3H3,(H,32,35)/t21-,22-,24+,27-/m0/s1. The molecule has 1 aliphatic rings. The average molecular weight is 552 g/mol. The summed E-state index contributed by atoms with van der Waals surface area (Å²) in [6, 6.07) is 13.4. The highest BCUT2D eigenvalue weighted by atomic mass is 35.5. The number of nitrogens with one attached hydrogen (secondary N) is 2. The largest absolute Gasteiger partial charge is 0.430 e. The van der Waals surface area contributed by atoms with Crippen LogP contribution in [0.2, 0.25) is 10.0 Å². The molecule has 0 spiro atoms. The SMILES string of the molecule is CC(C)(C)C[C@@H]1N[C@H](OC(=O)NCCOCCO)[C@H](c2cccc(Cl)c2F)[C@@]1(C#N)c1ccc(Cl)cc1. The summed E-state index contributed by atoms with van der Waals surface area (Å²) in [6.07, 6.45) is -1.27. The Morgan fingerprint density at radius 2 is 1.92 bits per heavy atom. The minimum atomic E-state index is -1.32. The molecule has 3 rings (SSSR count). The molecule has 1 aliphatic heterocycles. The number of alkyl carbamates (subject to hydrolysis) is 1. The molecule has 0 bridgehead atoms. The van der Waals surface area contributed by atoms with Gasteiger partial charge in [0.05, 0.1) is 36.8 Å². The minimum Gasteiger partial charge on any atom is -0.430 e. The van der Waals surface area contributed by atoms with Crippen LogP contribution in [0.25, 0.3) is 0 Å². The maximum atomic E-state index is 15.5. The molecule has 2 aromatic carbocycles. The molecular weight excluding hydrogens is 520 g/mol. The summed E-state index contributed by atoms with van der Waals surface area (Å²) in [5.74, 6) is -1.60. The Morgan fingerprint density at radius 3 is 2.54 bits per heavy atom. The Balaban J connectivity index is 2.08. The highest BCUT2D eigenvalue weighted by molar-refractivity contribution is 6.31. The number of nitrogens with zero attached hydrogens (tertiary/aromatic N) is 1. The lowest BCUT2D eigenvalue weighted by Gasteiger charge is -2.37. The molecule has 2 aromatic rings. The van der Waals surface area contributed by atoms with Gasteiger partial charge in [-0.25, -0.2) is 9.18 Å². The Hall–Kier alpha value is -2.41. The fraction of sp³-hybridized carbons (Fsp3) is 0.481. The van der Waals surface area contributed by atoms with Gasteiger partial charge in [0.15, 0.2) is 6.23 Å². The van der Waals surface area contributed by atoms with E-state index >= 15 is 4.39 Å². The number of aliphatic hydroxyl groups is 1. The van der Waals surface area contributed by atoms with Gasteiger partial charge in [-0.1, -0.05) is 68.2 Å². The van der Waals surface area contributed by atoms with Crippen molar-refractivity contribution in [1.82, 2.24) is 10.6 Å². The summed E-state index contributed by atoms with van der Waals surface area (Å²) in [4.78, 5) is 12.7. The lowest BCUT2D eigenvalue weighted by molar-refractivity contribution is 0.0664. The molecule has 4 atom stereocenters. The van der Waals surface area contributed by atoms with Crippen LogP contribution >= 0.6 is 23.2 Å². The average Bonchev–Trinajstić information content (AvgIpc) is 3.12. The van der Waals surface area contributed by atoms with Crippen LogP contribution in [0.5, 0.6) is 0 Å². The molecule has 0 saturated carbocycles. The Labute approximate surface area is 226 Å². The van der Waals surface area contributed by atoms with Gasteiger partial charge in [-0.2, -0.15) is 5.26 Å². The van der Waals surface area contributed by atoms with Crippen LogP contribution < -0.4 is 10.6 Å². The Bertz CT molecular complexity index is 1120. The highest BCUT2D eigenvalue weighted by Crippen LogP contribution is 2.52. The van der Waals surface area contributed by atoms with E-state index in [9.17, 15) is 10.1 Å². The molecule has 0 unspecified atom stereocenters. The molecule has 0 radical (unpaired) electrons.